The van der Waals surface area contributed by atoms with Gasteiger partial charge in [-0.2, -0.15) is 0 Å². The van der Waals surface area contributed by atoms with Crippen LogP contribution >= 0.6 is 0 Å². The second-order valence-corrected chi connectivity index (χ2v) is 8.42. The van der Waals surface area contributed by atoms with E-state index in [1.807, 2.05) is 6.92 Å². The summed E-state index contributed by atoms with van der Waals surface area (Å²) in [5.41, 5.74) is 0.274. The third-order valence-corrected chi connectivity index (χ3v) is 5.16. The van der Waals surface area contributed by atoms with Crippen LogP contribution in [0, 0.1) is 5.41 Å². The van der Waals surface area contributed by atoms with Crippen molar-refractivity contribution in [1.29, 1.82) is 0 Å². The molecule has 142 valence electrons. The number of ether oxygens (including phenoxy) is 1. The Morgan fingerprint density at radius 1 is 1.21 bits per heavy atom. The minimum atomic E-state index is -3.11. The van der Waals surface area contributed by atoms with Gasteiger partial charge in [-0.1, -0.05) is 12.8 Å². The number of nitrogens with zero attached hydrogens (tertiary/aromatic N) is 1. The lowest BCUT2D eigenvalue weighted by Gasteiger charge is -2.27. The van der Waals surface area contributed by atoms with Crippen molar-refractivity contribution in [1.82, 2.24) is 15.4 Å². The van der Waals surface area contributed by atoms with Crippen LogP contribution in [0.4, 0.5) is 0 Å². The fourth-order valence-electron chi connectivity index (χ4n) is 3.07. The summed E-state index contributed by atoms with van der Waals surface area (Å²) in [5, 5.41) is 6.53. The molecule has 0 amide bonds. The lowest BCUT2D eigenvalue weighted by Crippen LogP contribution is -2.39. The van der Waals surface area contributed by atoms with Crippen LogP contribution in [0.15, 0.2) is 4.99 Å². The third-order valence-electron chi connectivity index (χ3n) is 4.43. The number of hydrogen-bond acceptors (Lipinski definition) is 4. The highest BCUT2D eigenvalue weighted by molar-refractivity contribution is 7.88. The van der Waals surface area contributed by atoms with E-state index in [1.165, 1.54) is 31.9 Å². The predicted molar refractivity (Wildman–Crippen MR) is 98.8 cm³/mol. The van der Waals surface area contributed by atoms with Gasteiger partial charge in [-0.3, -0.25) is 4.99 Å². The van der Waals surface area contributed by atoms with Crippen LogP contribution in [0.3, 0.4) is 0 Å². The Balaban J connectivity index is 2.45. The van der Waals surface area contributed by atoms with Crippen molar-refractivity contribution in [3.05, 3.63) is 0 Å². The number of aliphatic imine (C=N–C) groups is 1. The normalized spacial score (nSPS) is 17.9. The molecule has 1 aliphatic rings. The molecular formula is C16H34N4O3S. The zero-order chi connectivity index (χ0) is 17.9. The standard InChI is InChI=1S/C16H34N4O3S/c1-4-17-15(18-11-7-12-20-24(3,21)22)19-14-16(10-13-23-2)8-5-6-9-16/h20H,4-14H2,1-3H3,(H2,17,18,19). The molecule has 0 atom stereocenters. The Morgan fingerprint density at radius 3 is 2.50 bits per heavy atom. The molecule has 24 heavy (non-hydrogen) atoms. The second-order valence-electron chi connectivity index (χ2n) is 6.59. The van der Waals surface area contributed by atoms with E-state index in [1.54, 1.807) is 7.11 Å². The molecule has 7 nitrogen and oxygen atoms in total. The van der Waals surface area contributed by atoms with E-state index >= 15 is 0 Å². The van der Waals surface area contributed by atoms with E-state index in [9.17, 15) is 8.42 Å². The van der Waals surface area contributed by atoms with Crippen molar-refractivity contribution in [2.75, 3.05) is 46.2 Å². The molecule has 0 bridgehead atoms. The maximum Gasteiger partial charge on any atom is 0.208 e. The van der Waals surface area contributed by atoms with E-state index in [0.29, 0.717) is 19.5 Å². The largest absolute Gasteiger partial charge is 0.385 e. The maximum atomic E-state index is 11.0. The summed E-state index contributed by atoms with van der Waals surface area (Å²) in [7, 11) is -1.36. The Bertz CT molecular complexity index is 474. The molecule has 0 aliphatic heterocycles. The summed E-state index contributed by atoms with van der Waals surface area (Å²) in [6.07, 6.45) is 7.94. The molecule has 0 aromatic heterocycles. The van der Waals surface area contributed by atoms with Crippen LogP contribution in [-0.4, -0.2) is 60.5 Å². The summed E-state index contributed by atoms with van der Waals surface area (Å²) in [5.74, 6) is 0.806. The maximum absolute atomic E-state index is 11.0. The van der Waals surface area contributed by atoms with Gasteiger partial charge >= 0.3 is 0 Å². The molecule has 8 heteroatoms. The molecule has 0 heterocycles. The number of nitrogens with one attached hydrogen (secondary N) is 3. The van der Waals surface area contributed by atoms with Crippen LogP contribution < -0.4 is 15.4 Å². The van der Waals surface area contributed by atoms with Crippen molar-refractivity contribution >= 4 is 16.0 Å². The summed E-state index contributed by atoms with van der Waals surface area (Å²) in [6.45, 7) is 5.56. The van der Waals surface area contributed by atoms with Gasteiger partial charge in [-0.25, -0.2) is 13.1 Å². The van der Waals surface area contributed by atoms with Gasteiger partial charge in [0.05, 0.1) is 6.26 Å². The highest BCUT2D eigenvalue weighted by Gasteiger charge is 2.33. The van der Waals surface area contributed by atoms with Crippen LogP contribution in [-0.2, 0) is 14.8 Å². The quantitative estimate of drug-likeness (QED) is 0.291. The number of rotatable bonds is 11. The molecule has 0 spiro atoms. The molecule has 0 aromatic rings. The van der Waals surface area contributed by atoms with Crippen molar-refractivity contribution in [2.24, 2.45) is 10.4 Å². The molecule has 0 aromatic carbocycles. The van der Waals surface area contributed by atoms with Crippen LogP contribution in [0.5, 0.6) is 0 Å². The molecule has 1 rings (SSSR count). The molecule has 0 unspecified atom stereocenters. The highest BCUT2D eigenvalue weighted by Crippen LogP contribution is 2.41. The molecule has 3 N–H and O–H groups in total. The summed E-state index contributed by atoms with van der Waals surface area (Å²) < 4.78 is 29.8. The first-order chi connectivity index (χ1) is 11.4. The van der Waals surface area contributed by atoms with Gasteiger partial charge in [-0.15, -0.1) is 0 Å². The zero-order valence-corrected chi connectivity index (χ0v) is 16.2. The lowest BCUT2D eigenvalue weighted by atomic mass is 9.83. The van der Waals surface area contributed by atoms with E-state index in [0.717, 1.165) is 32.1 Å². The predicted octanol–water partition coefficient (Wildman–Crippen LogP) is 1.08. The minimum Gasteiger partial charge on any atom is -0.385 e. The number of sulfonamides is 1. The van der Waals surface area contributed by atoms with E-state index < -0.39 is 10.0 Å². The topological polar surface area (TPSA) is 91.8 Å². The van der Waals surface area contributed by atoms with Crippen molar-refractivity contribution in [3.8, 4) is 0 Å². The Hall–Kier alpha value is -0.860. The first kappa shape index (κ1) is 21.2. The Morgan fingerprint density at radius 2 is 1.92 bits per heavy atom. The second kappa shape index (κ2) is 10.9. The summed E-state index contributed by atoms with van der Waals surface area (Å²) >= 11 is 0. The van der Waals surface area contributed by atoms with Gasteiger partial charge in [0.15, 0.2) is 5.96 Å². The SMILES string of the molecule is CCNC(=NCC1(CCOC)CCCC1)NCCCNS(C)(=O)=O. The smallest absolute Gasteiger partial charge is 0.208 e. The third kappa shape index (κ3) is 8.84. The van der Waals surface area contributed by atoms with Crippen LogP contribution in [0.2, 0.25) is 0 Å². The monoisotopic (exact) mass is 362 g/mol. The summed E-state index contributed by atoms with van der Waals surface area (Å²) in [4.78, 5) is 4.77. The van der Waals surface area contributed by atoms with Gasteiger partial charge in [-0.05, 0) is 38.0 Å². The first-order valence-corrected chi connectivity index (χ1v) is 10.8. The number of methoxy groups -OCH3 is 1. The summed E-state index contributed by atoms with van der Waals surface area (Å²) in [6, 6.07) is 0. The lowest BCUT2D eigenvalue weighted by molar-refractivity contribution is 0.141. The van der Waals surface area contributed by atoms with Crippen molar-refractivity contribution in [2.45, 2.75) is 45.4 Å². The molecule has 0 radical (unpaired) electrons. The zero-order valence-electron chi connectivity index (χ0n) is 15.4. The number of hydrogen-bond donors (Lipinski definition) is 3. The average Bonchev–Trinajstić information content (AvgIpc) is 2.98. The molecular weight excluding hydrogens is 328 g/mol. The Labute approximate surface area is 147 Å². The fraction of sp³-hybridized carbons (Fsp3) is 0.938. The van der Waals surface area contributed by atoms with E-state index in [4.69, 9.17) is 9.73 Å². The minimum absolute atomic E-state index is 0.274. The number of guanidine groups is 1. The molecule has 1 saturated carbocycles. The molecule has 1 aliphatic carbocycles. The van der Waals surface area contributed by atoms with Gasteiger partial charge in [0.2, 0.25) is 10.0 Å². The van der Waals surface area contributed by atoms with Crippen molar-refractivity contribution < 1.29 is 13.2 Å². The molecule has 0 saturated heterocycles. The van der Waals surface area contributed by atoms with E-state index in [-0.39, 0.29) is 5.41 Å². The molecule has 1 fully saturated rings. The highest BCUT2D eigenvalue weighted by atomic mass is 32.2. The van der Waals surface area contributed by atoms with Gasteiger partial charge < -0.3 is 15.4 Å². The fourth-order valence-corrected chi connectivity index (χ4v) is 3.59. The first-order valence-electron chi connectivity index (χ1n) is 8.86. The van der Waals surface area contributed by atoms with Gasteiger partial charge in [0.25, 0.3) is 0 Å². The van der Waals surface area contributed by atoms with Crippen molar-refractivity contribution in [3.63, 3.8) is 0 Å². The average molecular weight is 363 g/mol. The van der Waals surface area contributed by atoms with Gasteiger partial charge in [0, 0.05) is 39.9 Å². The van der Waals surface area contributed by atoms with Crippen LogP contribution in [0.1, 0.15) is 45.4 Å². The Kier molecular flexibility index (Phi) is 9.61. The van der Waals surface area contributed by atoms with Gasteiger partial charge in [0.1, 0.15) is 0 Å². The van der Waals surface area contributed by atoms with Crippen LogP contribution in [0.25, 0.3) is 0 Å². The van der Waals surface area contributed by atoms with E-state index in [2.05, 4.69) is 15.4 Å².